The van der Waals surface area contributed by atoms with Gasteiger partial charge in [-0.2, -0.15) is 10.1 Å². The van der Waals surface area contributed by atoms with Crippen molar-refractivity contribution in [2.45, 2.75) is 6.61 Å². The fraction of sp³-hybridized carbons (Fsp3) is 0.0417. The average molecular weight is 424 g/mol. The van der Waals surface area contributed by atoms with Crippen LogP contribution in [0.2, 0.25) is 0 Å². The van der Waals surface area contributed by atoms with E-state index in [4.69, 9.17) is 15.5 Å². The van der Waals surface area contributed by atoms with E-state index in [1.165, 1.54) is 0 Å². The number of anilines is 3. The van der Waals surface area contributed by atoms with Crippen LogP contribution in [-0.2, 0) is 6.61 Å². The van der Waals surface area contributed by atoms with Crippen LogP contribution < -0.4 is 15.8 Å². The van der Waals surface area contributed by atoms with Crippen LogP contribution in [0.4, 0.5) is 17.5 Å². The van der Waals surface area contributed by atoms with E-state index >= 15 is 0 Å². The molecular weight excluding hydrogens is 404 g/mol. The van der Waals surface area contributed by atoms with Gasteiger partial charge in [0.25, 0.3) is 0 Å². The van der Waals surface area contributed by atoms with Gasteiger partial charge in [0.2, 0.25) is 5.95 Å². The Morgan fingerprint density at radius 2 is 1.69 bits per heavy atom. The molecule has 2 aromatic heterocycles. The number of nitrogens with two attached hydrogens (primary N) is 1. The highest BCUT2D eigenvalue weighted by molar-refractivity contribution is 5.98. The molecule has 0 saturated heterocycles. The third kappa shape index (κ3) is 3.94. The Morgan fingerprint density at radius 1 is 0.906 bits per heavy atom. The lowest BCUT2D eigenvalue weighted by atomic mass is 10.1. The molecule has 0 bridgehead atoms. The summed E-state index contributed by atoms with van der Waals surface area (Å²) in [6.45, 7) is -0.0477. The number of hydrogen-bond donors (Lipinski definition) is 4. The second kappa shape index (κ2) is 8.37. The minimum atomic E-state index is -0.0477. The summed E-state index contributed by atoms with van der Waals surface area (Å²) in [7, 11) is 0. The van der Waals surface area contributed by atoms with Gasteiger partial charge in [-0.15, -0.1) is 0 Å². The van der Waals surface area contributed by atoms with Gasteiger partial charge >= 0.3 is 0 Å². The first-order chi connectivity index (χ1) is 15.7. The van der Waals surface area contributed by atoms with Crippen molar-refractivity contribution in [3.8, 4) is 22.8 Å². The van der Waals surface area contributed by atoms with E-state index in [1.807, 2.05) is 78.9 Å². The van der Waals surface area contributed by atoms with Gasteiger partial charge in [0.05, 0.1) is 17.7 Å². The zero-order valence-corrected chi connectivity index (χ0v) is 17.0. The summed E-state index contributed by atoms with van der Waals surface area (Å²) in [6, 6.07) is 24.6. The summed E-state index contributed by atoms with van der Waals surface area (Å²) in [5, 5.41) is 20.2. The number of aliphatic hydroxyl groups is 1. The number of nitrogens with zero attached hydrogens (tertiary/aromatic N) is 3. The van der Waals surface area contributed by atoms with Crippen LogP contribution in [0.15, 0.2) is 78.9 Å². The number of rotatable bonds is 6. The van der Waals surface area contributed by atoms with Crippen molar-refractivity contribution in [2.75, 3.05) is 11.1 Å². The van der Waals surface area contributed by atoms with Crippen LogP contribution in [0.25, 0.3) is 22.3 Å². The number of nitrogen functional groups attached to an aromatic ring is 1. The summed E-state index contributed by atoms with van der Waals surface area (Å²) < 4.78 is 5.88. The number of H-pyrrole nitrogens is 1. The quantitative estimate of drug-likeness (QED) is 0.313. The molecule has 0 saturated carbocycles. The smallest absolute Gasteiger partial charge is 0.229 e. The Morgan fingerprint density at radius 3 is 2.47 bits per heavy atom. The van der Waals surface area contributed by atoms with Crippen molar-refractivity contribution in [1.82, 2.24) is 20.2 Å². The maximum Gasteiger partial charge on any atom is 0.229 e. The second-order valence-corrected chi connectivity index (χ2v) is 7.15. The highest BCUT2D eigenvalue weighted by Gasteiger charge is 2.16. The van der Waals surface area contributed by atoms with Crippen LogP contribution in [0.3, 0.4) is 0 Å². The molecule has 0 amide bonds. The summed E-state index contributed by atoms with van der Waals surface area (Å²) in [5.41, 5.74) is 9.61. The lowest BCUT2D eigenvalue weighted by Crippen LogP contribution is -2.00. The second-order valence-electron chi connectivity index (χ2n) is 7.15. The molecule has 0 atom stereocenters. The number of hydrogen-bond acceptors (Lipinski definition) is 7. The topological polar surface area (TPSA) is 122 Å². The standard InChI is InChI=1S/C24H20N6O2/c25-22-20-21(16-9-11-19(12-10-16)32-18-7-2-1-3-8-18)27-24(28-23(20)30-29-22)26-17-6-4-5-15(13-17)14-31/h1-13,31H,14H2,(H4,25,26,27,28,29,30). The third-order valence-corrected chi connectivity index (χ3v) is 4.91. The molecular formula is C24H20N6O2. The van der Waals surface area contributed by atoms with Gasteiger partial charge in [0.1, 0.15) is 17.3 Å². The lowest BCUT2D eigenvalue weighted by molar-refractivity contribution is 0.282. The van der Waals surface area contributed by atoms with Gasteiger partial charge in [-0.1, -0.05) is 30.3 Å². The predicted molar refractivity (Wildman–Crippen MR) is 124 cm³/mol. The SMILES string of the molecule is Nc1[nH]nc2nc(Nc3cccc(CO)c3)nc(-c3ccc(Oc4ccccc4)cc3)c12. The molecule has 0 spiro atoms. The summed E-state index contributed by atoms with van der Waals surface area (Å²) in [6.07, 6.45) is 0. The van der Waals surface area contributed by atoms with Crippen LogP contribution in [0, 0.1) is 0 Å². The lowest BCUT2D eigenvalue weighted by Gasteiger charge is -2.10. The predicted octanol–water partition coefficient (Wildman–Crippen LogP) is 4.63. The average Bonchev–Trinajstić information content (AvgIpc) is 3.20. The maximum atomic E-state index is 9.38. The number of aliphatic hydroxyl groups excluding tert-OH is 1. The molecule has 32 heavy (non-hydrogen) atoms. The van der Waals surface area contributed by atoms with Crippen LogP contribution >= 0.6 is 0 Å². The van der Waals surface area contributed by atoms with Gasteiger partial charge in [-0.3, -0.25) is 5.10 Å². The summed E-state index contributed by atoms with van der Waals surface area (Å²) in [4.78, 5) is 9.18. The van der Waals surface area contributed by atoms with Gasteiger partial charge in [-0.25, -0.2) is 4.98 Å². The zero-order valence-electron chi connectivity index (χ0n) is 17.0. The van der Waals surface area contributed by atoms with Crippen molar-refractivity contribution in [3.05, 3.63) is 84.4 Å². The fourth-order valence-electron chi connectivity index (χ4n) is 3.39. The van der Waals surface area contributed by atoms with E-state index in [2.05, 4.69) is 20.5 Å². The molecule has 0 aliphatic rings. The molecule has 158 valence electrons. The first-order valence-corrected chi connectivity index (χ1v) is 10.0. The van der Waals surface area contributed by atoms with Crippen molar-refractivity contribution >= 4 is 28.5 Å². The normalized spacial score (nSPS) is 10.9. The molecule has 8 heteroatoms. The number of para-hydroxylation sites is 1. The minimum Gasteiger partial charge on any atom is -0.457 e. The van der Waals surface area contributed by atoms with Gasteiger partial charge in [0.15, 0.2) is 5.65 Å². The van der Waals surface area contributed by atoms with Crippen molar-refractivity contribution in [3.63, 3.8) is 0 Å². The molecule has 0 radical (unpaired) electrons. The summed E-state index contributed by atoms with van der Waals surface area (Å²) in [5.74, 6) is 2.25. The highest BCUT2D eigenvalue weighted by Crippen LogP contribution is 2.32. The van der Waals surface area contributed by atoms with Crippen LogP contribution in [0.5, 0.6) is 11.5 Å². The molecule has 5 rings (SSSR count). The Balaban J connectivity index is 1.50. The van der Waals surface area contributed by atoms with E-state index in [9.17, 15) is 5.11 Å². The Labute approximate surface area is 183 Å². The van der Waals surface area contributed by atoms with Crippen molar-refractivity contribution < 1.29 is 9.84 Å². The Hall–Kier alpha value is -4.43. The summed E-state index contributed by atoms with van der Waals surface area (Å²) >= 11 is 0. The number of fused-ring (bicyclic) bond motifs is 1. The molecule has 3 aromatic carbocycles. The molecule has 0 unspecified atom stereocenters. The maximum absolute atomic E-state index is 9.38. The molecule has 5 aromatic rings. The Kier molecular flexibility index (Phi) is 5.11. The van der Waals surface area contributed by atoms with E-state index in [1.54, 1.807) is 0 Å². The number of aromatic nitrogens is 4. The van der Waals surface area contributed by atoms with E-state index < -0.39 is 0 Å². The fourth-order valence-corrected chi connectivity index (χ4v) is 3.39. The first-order valence-electron chi connectivity index (χ1n) is 10.0. The van der Waals surface area contributed by atoms with Gasteiger partial charge in [-0.05, 0) is 54.1 Å². The molecule has 5 N–H and O–H groups in total. The number of benzene rings is 3. The van der Waals surface area contributed by atoms with Crippen LogP contribution in [0.1, 0.15) is 5.56 Å². The van der Waals surface area contributed by atoms with E-state index in [0.717, 1.165) is 22.6 Å². The third-order valence-electron chi connectivity index (χ3n) is 4.91. The van der Waals surface area contributed by atoms with Gasteiger partial charge in [0, 0.05) is 11.3 Å². The molecule has 0 aliphatic heterocycles. The minimum absolute atomic E-state index is 0.0477. The Bertz CT molecular complexity index is 1370. The van der Waals surface area contributed by atoms with Crippen LogP contribution in [-0.4, -0.2) is 25.3 Å². The molecule has 2 heterocycles. The molecule has 0 aliphatic carbocycles. The highest BCUT2D eigenvalue weighted by atomic mass is 16.5. The molecule has 0 fully saturated rings. The van der Waals surface area contributed by atoms with Crippen molar-refractivity contribution in [2.24, 2.45) is 0 Å². The van der Waals surface area contributed by atoms with Gasteiger partial charge < -0.3 is 20.9 Å². The number of ether oxygens (including phenoxy) is 1. The van der Waals surface area contributed by atoms with E-state index in [0.29, 0.717) is 34.2 Å². The number of aromatic amines is 1. The zero-order chi connectivity index (χ0) is 21.9. The largest absolute Gasteiger partial charge is 0.457 e. The number of nitrogens with one attached hydrogen (secondary N) is 2. The monoisotopic (exact) mass is 424 g/mol. The molecule has 8 nitrogen and oxygen atoms in total. The van der Waals surface area contributed by atoms with E-state index in [-0.39, 0.29) is 6.61 Å². The van der Waals surface area contributed by atoms with Crippen molar-refractivity contribution in [1.29, 1.82) is 0 Å². The first kappa shape index (κ1) is 19.5.